The minimum Gasteiger partial charge on any atom is -0.454 e. The van der Waals surface area contributed by atoms with Crippen LogP contribution in [0.5, 0.6) is 11.5 Å². The second-order valence-corrected chi connectivity index (χ2v) is 6.32. The summed E-state index contributed by atoms with van der Waals surface area (Å²) >= 11 is 0. The highest BCUT2D eigenvalue weighted by Crippen LogP contribution is 2.36. The van der Waals surface area contributed by atoms with Gasteiger partial charge in [0.1, 0.15) is 0 Å². The van der Waals surface area contributed by atoms with Crippen LogP contribution < -0.4 is 14.8 Å². The van der Waals surface area contributed by atoms with Crippen molar-refractivity contribution in [2.45, 2.75) is 13.0 Å². The third-order valence-electron chi connectivity index (χ3n) is 4.63. The van der Waals surface area contributed by atoms with Gasteiger partial charge >= 0.3 is 0 Å². The van der Waals surface area contributed by atoms with Crippen molar-refractivity contribution in [3.8, 4) is 22.8 Å². The fourth-order valence-corrected chi connectivity index (χ4v) is 3.22. The number of morpholine rings is 1. The molecule has 1 fully saturated rings. The first-order valence-corrected chi connectivity index (χ1v) is 8.83. The van der Waals surface area contributed by atoms with Crippen molar-refractivity contribution in [1.82, 2.24) is 20.4 Å². The number of fused-ring (bicyclic) bond motifs is 1. The van der Waals surface area contributed by atoms with Gasteiger partial charge in [-0.05, 0) is 37.7 Å². The number of aromatic amines is 1. The monoisotopic (exact) mass is 344 g/mol. The van der Waals surface area contributed by atoms with Gasteiger partial charge in [0.15, 0.2) is 11.5 Å². The van der Waals surface area contributed by atoms with E-state index in [4.69, 9.17) is 14.2 Å². The van der Waals surface area contributed by atoms with E-state index < -0.39 is 0 Å². The molecule has 134 valence electrons. The maximum absolute atomic E-state index is 5.46. The molecule has 0 amide bonds. The van der Waals surface area contributed by atoms with Crippen molar-refractivity contribution in [2.24, 2.45) is 0 Å². The maximum Gasteiger partial charge on any atom is 0.231 e. The number of hydrogen-bond acceptors (Lipinski definition) is 6. The summed E-state index contributed by atoms with van der Waals surface area (Å²) in [6.07, 6.45) is 3.02. The molecule has 7 nitrogen and oxygen atoms in total. The number of ether oxygens (including phenoxy) is 3. The fourth-order valence-electron chi connectivity index (χ4n) is 3.22. The molecule has 0 atom stereocenters. The molecule has 2 N–H and O–H groups in total. The number of benzene rings is 1. The first-order chi connectivity index (χ1) is 12.4. The number of hydrogen-bond donors (Lipinski definition) is 2. The largest absolute Gasteiger partial charge is 0.454 e. The van der Waals surface area contributed by atoms with Gasteiger partial charge in [-0.15, -0.1) is 0 Å². The molecule has 2 aromatic rings. The van der Waals surface area contributed by atoms with Crippen molar-refractivity contribution in [3.05, 3.63) is 30.0 Å². The Bertz CT molecular complexity index is 697. The van der Waals surface area contributed by atoms with E-state index in [9.17, 15) is 0 Å². The SMILES string of the molecule is c1cc2c(cc1-c1[nH]ncc1CNCCCN1CCOCC1)OCO2. The molecule has 1 saturated heterocycles. The molecule has 0 radical (unpaired) electrons. The quantitative estimate of drug-likeness (QED) is 0.744. The van der Waals surface area contributed by atoms with Crippen LogP contribution in [-0.2, 0) is 11.3 Å². The Labute approximate surface area is 147 Å². The van der Waals surface area contributed by atoms with Crippen molar-refractivity contribution in [3.63, 3.8) is 0 Å². The molecule has 0 aliphatic carbocycles. The molecule has 4 rings (SSSR count). The summed E-state index contributed by atoms with van der Waals surface area (Å²) in [5.74, 6) is 1.59. The summed E-state index contributed by atoms with van der Waals surface area (Å²) in [7, 11) is 0. The highest BCUT2D eigenvalue weighted by Gasteiger charge is 2.16. The van der Waals surface area contributed by atoms with Gasteiger partial charge in [-0.2, -0.15) is 5.10 Å². The molecular weight excluding hydrogens is 320 g/mol. The van der Waals surface area contributed by atoms with Gasteiger partial charge < -0.3 is 19.5 Å². The van der Waals surface area contributed by atoms with Crippen molar-refractivity contribution in [1.29, 1.82) is 0 Å². The summed E-state index contributed by atoms with van der Waals surface area (Å²) in [6.45, 7) is 7.03. The minimum absolute atomic E-state index is 0.291. The highest BCUT2D eigenvalue weighted by molar-refractivity contribution is 5.66. The summed E-state index contributed by atoms with van der Waals surface area (Å²) in [4.78, 5) is 2.46. The predicted octanol–water partition coefficient (Wildman–Crippen LogP) is 1.62. The summed E-state index contributed by atoms with van der Waals surface area (Å²) < 4.78 is 16.2. The van der Waals surface area contributed by atoms with Crippen molar-refractivity contribution >= 4 is 0 Å². The lowest BCUT2D eigenvalue weighted by molar-refractivity contribution is 0.0374. The van der Waals surface area contributed by atoms with Crippen molar-refractivity contribution in [2.75, 3.05) is 46.2 Å². The molecule has 3 heterocycles. The number of rotatable bonds is 7. The Morgan fingerprint density at radius 1 is 1.16 bits per heavy atom. The van der Waals surface area contributed by atoms with Crippen LogP contribution in [0.4, 0.5) is 0 Å². The lowest BCUT2D eigenvalue weighted by Gasteiger charge is -2.26. The molecule has 7 heteroatoms. The van der Waals surface area contributed by atoms with Gasteiger partial charge in [-0.25, -0.2) is 0 Å². The summed E-state index contributed by atoms with van der Waals surface area (Å²) in [5, 5.41) is 10.8. The van der Waals surface area contributed by atoms with E-state index in [0.717, 1.165) is 80.7 Å². The van der Waals surface area contributed by atoms with E-state index >= 15 is 0 Å². The molecule has 1 aromatic heterocycles. The van der Waals surface area contributed by atoms with Crippen LogP contribution >= 0.6 is 0 Å². The molecule has 0 spiro atoms. The highest BCUT2D eigenvalue weighted by atomic mass is 16.7. The van der Waals surface area contributed by atoms with Crippen LogP contribution in [0.2, 0.25) is 0 Å². The van der Waals surface area contributed by atoms with Crippen LogP contribution in [0.15, 0.2) is 24.4 Å². The first kappa shape index (κ1) is 16.4. The molecule has 0 bridgehead atoms. The van der Waals surface area contributed by atoms with Crippen LogP contribution in [-0.4, -0.2) is 61.3 Å². The normalized spacial score (nSPS) is 17.1. The topological polar surface area (TPSA) is 71.6 Å². The van der Waals surface area contributed by atoms with Crippen LogP contribution in [0, 0.1) is 0 Å². The van der Waals surface area contributed by atoms with Crippen molar-refractivity contribution < 1.29 is 14.2 Å². The molecular formula is C18H24N4O3. The van der Waals surface area contributed by atoms with E-state index in [2.05, 4.69) is 20.4 Å². The first-order valence-electron chi connectivity index (χ1n) is 8.83. The van der Waals surface area contributed by atoms with Gasteiger partial charge in [0, 0.05) is 30.8 Å². The third-order valence-corrected chi connectivity index (χ3v) is 4.63. The number of H-pyrrole nitrogens is 1. The standard InChI is InChI=1S/C18H24N4O3/c1(5-22-6-8-23-9-7-22)4-19-11-15-12-20-21-18(15)14-2-3-16-17(10-14)25-13-24-16/h2-3,10,12,19H,1,4-9,11,13H2,(H,20,21). The minimum atomic E-state index is 0.291. The molecule has 25 heavy (non-hydrogen) atoms. The third kappa shape index (κ3) is 3.95. The smallest absolute Gasteiger partial charge is 0.231 e. The number of nitrogens with one attached hydrogen (secondary N) is 2. The lowest BCUT2D eigenvalue weighted by atomic mass is 10.1. The predicted molar refractivity (Wildman–Crippen MR) is 93.7 cm³/mol. The van der Waals surface area contributed by atoms with Crippen LogP contribution in [0.1, 0.15) is 12.0 Å². The fraction of sp³-hybridized carbons (Fsp3) is 0.500. The average molecular weight is 344 g/mol. The molecule has 1 aromatic carbocycles. The second-order valence-electron chi connectivity index (χ2n) is 6.32. The van der Waals surface area contributed by atoms with Gasteiger partial charge in [-0.3, -0.25) is 10.00 Å². The zero-order valence-electron chi connectivity index (χ0n) is 14.3. The number of aromatic nitrogens is 2. The second kappa shape index (κ2) is 7.86. The van der Waals surface area contributed by atoms with E-state index in [0.29, 0.717) is 6.79 Å². The Hall–Kier alpha value is -2.09. The van der Waals surface area contributed by atoms with Crippen LogP contribution in [0.25, 0.3) is 11.3 Å². The Morgan fingerprint density at radius 3 is 2.96 bits per heavy atom. The molecule has 2 aliphatic heterocycles. The molecule has 0 unspecified atom stereocenters. The average Bonchev–Trinajstić information content (AvgIpc) is 3.30. The van der Waals surface area contributed by atoms with Gasteiger partial charge in [0.05, 0.1) is 25.1 Å². The van der Waals surface area contributed by atoms with Crippen LogP contribution in [0.3, 0.4) is 0 Å². The van der Waals surface area contributed by atoms with Gasteiger partial charge in [0.25, 0.3) is 0 Å². The Balaban J connectivity index is 1.28. The van der Waals surface area contributed by atoms with E-state index in [1.807, 2.05) is 24.4 Å². The Morgan fingerprint density at radius 2 is 2.04 bits per heavy atom. The summed E-state index contributed by atoms with van der Waals surface area (Å²) in [5.41, 5.74) is 3.25. The summed E-state index contributed by atoms with van der Waals surface area (Å²) in [6, 6.07) is 5.97. The Kier molecular flexibility index (Phi) is 5.15. The van der Waals surface area contributed by atoms with E-state index in [-0.39, 0.29) is 0 Å². The molecule has 2 aliphatic rings. The van der Waals surface area contributed by atoms with Gasteiger partial charge in [-0.1, -0.05) is 0 Å². The van der Waals surface area contributed by atoms with E-state index in [1.165, 1.54) is 0 Å². The zero-order valence-corrected chi connectivity index (χ0v) is 14.3. The number of nitrogens with zero attached hydrogens (tertiary/aromatic N) is 2. The maximum atomic E-state index is 5.46. The van der Waals surface area contributed by atoms with Gasteiger partial charge in [0.2, 0.25) is 6.79 Å². The lowest BCUT2D eigenvalue weighted by Crippen LogP contribution is -2.37. The zero-order chi connectivity index (χ0) is 16.9. The molecule has 0 saturated carbocycles. The van der Waals surface area contributed by atoms with E-state index in [1.54, 1.807) is 0 Å².